The Bertz CT molecular complexity index is 683. The Morgan fingerprint density at radius 1 is 0.929 bits per heavy atom. The third-order valence-electron chi connectivity index (χ3n) is 5.51. The van der Waals surface area contributed by atoms with Gasteiger partial charge in [-0.1, -0.05) is 6.07 Å². The Kier molecular flexibility index (Phi) is 7.76. The van der Waals surface area contributed by atoms with Crippen molar-refractivity contribution in [1.82, 2.24) is 14.7 Å². The summed E-state index contributed by atoms with van der Waals surface area (Å²) >= 11 is 1.73. The van der Waals surface area contributed by atoms with E-state index in [0.717, 1.165) is 18.8 Å². The van der Waals surface area contributed by atoms with Crippen LogP contribution in [0.25, 0.3) is 0 Å². The molecular weight excluding hydrogens is 374 g/mol. The third kappa shape index (κ3) is 5.96. The van der Waals surface area contributed by atoms with Crippen LogP contribution in [0.3, 0.4) is 0 Å². The summed E-state index contributed by atoms with van der Waals surface area (Å²) in [7, 11) is 0. The van der Waals surface area contributed by atoms with Gasteiger partial charge >= 0.3 is 0 Å². The molecule has 0 bridgehead atoms. The summed E-state index contributed by atoms with van der Waals surface area (Å²) in [6.07, 6.45) is 0.541. The first kappa shape index (κ1) is 21.1. The average molecular weight is 406 g/mol. The predicted molar refractivity (Wildman–Crippen MR) is 112 cm³/mol. The lowest BCUT2D eigenvalue weighted by atomic mass is 10.1. The minimum atomic E-state index is 0.166. The molecule has 28 heavy (non-hydrogen) atoms. The Morgan fingerprint density at radius 3 is 2.21 bits per heavy atom. The van der Waals surface area contributed by atoms with E-state index in [1.807, 2.05) is 9.80 Å². The van der Waals surface area contributed by atoms with E-state index in [4.69, 9.17) is 4.74 Å². The van der Waals surface area contributed by atoms with E-state index in [2.05, 4.69) is 36.9 Å². The number of carbonyl (C=O) groups excluding carboxylic acids is 2. The van der Waals surface area contributed by atoms with Crippen LogP contribution < -0.4 is 0 Å². The maximum Gasteiger partial charge on any atom is 0.236 e. The third-order valence-corrected chi connectivity index (χ3v) is 6.51. The number of benzene rings is 1. The summed E-state index contributed by atoms with van der Waals surface area (Å²) in [5.74, 6) is 1.15. The normalized spacial score (nSPS) is 18.4. The van der Waals surface area contributed by atoms with Crippen molar-refractivity contribution in [3.05, 3.63) is 29.3 Å². The molecule has 2 aliphatic rings. The van der Waals surface area contributed by atoms with Crippen LogP contribution >= 0.6 is 11.8 Å². The van der Waals surface area contributed by atoms with E-state index in [1.54, 1.807) is 11.8 Å². The molecule has 0 saturated carbocycles. The van der Waals surface area contributed by atoms with Crippen molar-refractivity contribution < 1.29 is 14.3 Å². The summed E-state index contributed by atoms with van der Waals surface area (Å²) in [4.78, 5) is 32.1. The highest BCUT2D eigenvalue weighted by Gasteiger charge is 2.25. The second-order valence-electron chi connectivity index (χ2n) is 7.49. The van der Waals surface area contributed by atoms with Gasteiger partial charge in [0.25, 0.3) is 0 Å². The number of amides is 2. The molecule has 0 aromatic heterocycles. The van der Waals surface area contributed by atoms with E-state index >= 15 is 0 Å². The average Bonchev–Trinajstić information content (AvgIpc) is 2.71. The highest BCUT2D eigenvalue weighted by Crippen LogP contribution is 2.22. The molecule has 1 aromatic rings. The van der Waals surface area contributed by atoms with Crippen LogP contribution in [-0.2, 0) is 14.3 Å². The monoisotopic (exact) mass is 405 g/mol. The van der Waals surface area contributed by atoms with Gasteiger partial charge in [0.2, 0.25) is 11.8 Å². The summed E-state index contributed by atoms with van der Waals surface area (Å²) in [5, 5.41) is 0. The SMILES string of the molecule is Cc1ccc(SCCC(=O)N2CCN(C(=O)CN3CCOCC3)CC2)cc1C. The van der Waals surface area contributed by atoms with Gasteiger partial charge in [0, 0.05) is 56.3 Å². The molecule has 154 valence electrons. The van der Waals surface area contributed by atoms with Crippen molar-refractivity contribution in [3.8, 4) is 0 Å². The lowest BCUT2D eigenvalue weighted by molar-refractivity contribution is -0.140. The smallest absolute Gasteiger partial charge is 0.236 e. The van der Waals surface area contributed by atoms with Gasteiger partial charge in [-0.25, -0.2) is 0 Å². The minimum absolute atomic E-state index is 0.166. The number of rotatable bonds is 6. The van der Waals surface area contributed by atoms with Crippen LogP contribution in [0.2, 0.25) is 0 Å². The largest absolute Gasteiger partial charge is 0.379 e. The summed E-state index contributed by atoms with van der Waals surface area (Å²) < 4.78 is 5.33. The quantitative estimate of drug-likeness (QED) is 0.676. The molecule has 0 spiro atoms. The van der Waals surface area contributed by atoms with Crippen LogP contribution in [0.1, 0.15) is 17.5 Å². The molecule has 0 atom stereocenters. The van der Waals surface area contributed by atoms with Crippen molar-refractivity contribution in [3.63, 3.8) is 0 Å². The number of hydrogen-bond acceptors (Lipinski definition) is 5. The topological polar surface area (TPSA) is 53.1 Å². The molecule has 2 heterocycles. The number of thioether (sulfide) groups is 1. The zero-order valence-corrected chi connectivity index (χ0v) is 17.8. The zero-order valence-electron chi connectivity index (χ0n) is 17.0. The van der Waals surface area contributed by atoms with E-state index < -0.39 is 0 Å². The van der Waals surface area contributed by atoms with Gasteiger partial charge in [0.15, 0.2) is 0 Å². The molecule has 0 aliphatic carbocycles. The summed E-state index contributed by atoms with van der Waals surface area (Å²) in [6.45, 7) is 10.3. The first-order chi connectivity index (χ1) is 13.5. The molecule has 0 N–H and O–H groups in total. The van der Waals surface area contributed by atoms with Crippen molar-refractivity contribution >= 4 is 23.6 Å². The fourth-order valence-electron chi connectivity index (χ4n) is 3.47. The maximum absolute atomic E-state index is 12.5. The van der Waals surface area contributed by atoms with Crippen molar-refractivity contribution in [2.45, 2.75) is 25.2 Å². The number of piperazine rings is 1. The summed E-state index contributed by atoms with van der Waals surface area (Å²) in [5.41, 5.74) is 2.58. The van der Waals surface area contributed by atoms with Gasteiger partial charge in [0.1, 0.15) is 0 Å². The number of carbonyl (C=O) groups is 2. The fourth-order valence-corrected chi connectivity index (χ4v) is 4.41. The molecule has 0 radical (unpaired) electrons. The molecule has 1 aromatic carbocycles. The van der Waals surface area contributed by atoms with Crippen molar-refractivity contribution in [1.29, 1.82) is 0 Å². The van der Waals surface area contributed by atoms with Gasteiger partial charge in [0.05, 0.1) is 19.8 Å². The van der Waals surface area contributed by atoms with Crippen LogP contribution in [0.15, 0.2) is 23.1 Å². The Morgan fingerprint density at radius 2 is 1.57 bits per heavy atom. The second kappa shape index (κ2) is 10.3. The predicted octanol–water partition coefficient (Wildman–Crippen LogP) is 1.79. The first-order valence-electron chi connectivity index (χ1n) is 10.1. The molecule has 3 rings (SSSR count). The number of nitrogens with zero attached hydrogens (tertiary/aromatic N) is 3. The maximum atomic E-state index is 12.5. The van der Waals surface area contributed by atoms with Crippen LogP contribution in [-0.4, -0.2) is 91.3 Å². The van der Waals surface area contributed by atoms with Crippen LogP contribution in [0, 0.1) is 13.8 Å². The Labute approximate surface area is 172 Å². The zero-order chi connectivity index (χ0) is 19.9. The van der Waals surface area contributed by atoms with E-state index in [0.29, 0.717) is 52.4 Å². The summed E-state index contributed by atoms with van der Waals surface area (Å²) in [6, 6.07) is 6.44. The second-order valence-corrected chi connectivity index (χ2v) is 8.66. The van der Waals surface area contributed by atoms with Crippen LogP contribution in [0.4, 0.5) is 0 Å². The van der Waals surface area contributed by atoms with Crippen LogP contribution in [0.5, 0.6) is 0 Å². The van der Waals surface area contributed by atoms with Gasteiger partial charge in [-0.2, -0.15) is 0 Å². The number of aryl methyl sites for hydroxylation is 2. The molecule has 2 fully saturated rings. The molecule has 6 nitrogen and oxygen atoms in total. The molecule has 7 heteroatoms. The Balaban J connectivity index is 1.36. The van der Waals surface area contributed by atoms with Crippen molar-refractivity contribution in [2.75, 3.05) is 64.8 Å². The highest BCUT2D eigenvalue weighted by molar-refractivity contribution is 7.99. The Hall–Kier alpha value is -1.57. The first-order valence-corrected chi connectivity index (χ1v) is 11.1. The van der Waals surface area contributed by atoms with E-state index in [1.165, 1.54) is 16.0 Å². The molecule has 2 saturated heterocycles. The van der Waals surface area contributed by atoms with E-state index in [9.17, 15) is 9.59 Å². The molecule has 2 aliphatic heterocycles. The van der Waals surface area contributed by atoms with Gasteiger partial charge < -0.3 is 14.5 Å². The molecule has 2 amide bonds. The van der Waals surface area contributed by atoms with Crippen molar-refractivity contribution in [2.24, 2.45) is 0 Å². The van der Waals surface area contributed by atoms with Gasteiger partial charge in [-0.15, -0.1) is 11.8 Å². The number of ether oxygens (including phenoxy) is 1. The lowest BCUT2D eigenvalue weighted by Crippen LogP contribution is -2.53. The standard InChI is InChI=1S/C21H31N3O3S/c1-17-3-4-19(15-18(17)2)28-14-5-20(25)23-6-8-24(9-7-23)21(26)16-22-10-12-27-13-11-22/h3-4,15H,5-14,16H2,1-2H3. The highest BCUT2D eigenvalue weighted by atomic mass is 32.2. The van der Waals surface area contributed by atoms with E-state index in [-0.39, 0.29) is 11.8 Å². The number of morpholine rings is 1. The lowest BCUT2D eigenvalue weighted by Gasteiger charge is -2.36. The molecule has 0 unspecified atom stereocenters. The van der Waals surface area contributed by atoms with Gasteiger partial charge in [-0.05, 0) is 37.1 Å². The number of hydrogen-bond donors (Lipinski definition) is 0. The minimum Gasteiger partial charge on any atom is -0.379 e. The molecular formula is C21H31N3O3S. The fraction of sp³-hybridized carbons (Fsp3) is 0.619. The van der Waals surface area contributed by atoms with Gasteiger partial charge in [-0.3, -0.25) is 14.5 Å².